The number of aromatic amines is 3. The zero-order chi connectivity index (χ0) is 56.4. The molecule has 11 N–H and O–H groups in total. The molecule has 2 amide bonds. The number of amides is 2. The Bertz CT molecular complexity index is 3730. The van der Waals surface area contributed by atoms with Crippen molar-refractivity contribution in [1.82, 2.24) is 25.8 Å². The number of hydrazone groups is 1. The lowest BCUT2D eigenvalue weighted by Gasteiger charge is -2.04. The highest BCUT2D eigenvalue weighted by Gasteiger charge is 2.22. The van der Waals surface area contributed by atoms with Crippen LogP contribution in [0.5, 0.6) is 0 Å². The molecule has 3 aromatic heterocycles. The predicted molar refractivity (Wildman–Crippen MR) is 320 cm³/mol. The molecule has 8 aromatic carbocycles. The molecule has 11 rings (SSSR count). The molecule has 0 atom stereocenters. The first-order chi connectivity index (χ1) is 38.3. The molecule has 3 heterocycles. The Balaban J connectivity index is 0.000000159. The molecular formula is C65H63N9O5. The number of rotatable bonds is 9. The van der Waals surface area contributed by atoms with Gasteiger partial charge in [0.25, 0.3) is 11.8 Å². The van der Waals surface area contributed by atoms with Gasteiger partial charge in [0.2, 0.25) is 0 Å². The van der Waals surface area contributed by atoms with E-state index in [2.05, 4.69) is 60.8 Å². The number of aldehydes is 1. The van der Waals surface area contributed by atoms with E-state index in [1.54, 1.807) is 6.21 Å². The highest BCUT2D eigenvalue weighted by Crippen LogP contribution is 2.36. The number of nitrogens with two attached hydrogens (primary N) is 3. The number of methoxy groups -OCH3 is 1. The molecule has 79 heavy (non-hydrogen) atoms. The van der Waals surface area contributed by atoms with Gasteiger partial charge < -0.3 is 19.7 Å². The van der Waals surface area contributed by atoms with E-state index in [1.165, 1.54) is 18.2 Å². The number of aryl methyl sites for hydroxylation is 5. The first-order valence-electron chi connectivity index (χ1n) is 25.2. The summed E-state index contributed by atoms with van der Waals surface area (Å²) in [5.74, 6) is 12.3. The minimum atomic E-state index is -0.349. The third kappa shape index (κ3) is 14.1. The smallest absolute Gasteiger partial charge is 0.355 e. The molecule has 398 valence electrons. The zero-order valence-electron chi connectivity index (χ0n) is 44.9. The first kappa shape index (κ1) is 56.7. The number of carbonyl (C=O) groups excluding carboxylic acids is 4. The highest BCUT2D eigenvalue weighted by atomic mass is 16.5. The number of nitrogens with zero attached hydrogens (tertiary/aromatic N) is 1. The highest BCUT2D eigenvalue weighted by molar-refractivity contribution is 6.11. The van der Waals surface area contributed by atoms with E-state index in [1.807, 2.05) is 211 Å². The Hall–Kier alpha value is -9.99. The summed E-state index contributed by atoms with van der Waals surface area (Å²) in [6.45, 7) is 10.1. The third-order valence-electron chi connectivity index (χ3n) is 12.7. The first-order valence-corrected chi connectivity index (χ1v) is 25.2. The molecule has 14 nitrogen and oxygen atoms in total. The number of fused-ring (bicyclic) bond motifs is 3. The van der Waals surface area contributed by atoms with Crippen molar-refractivity contribution in [2.75, 3.05) is 7.11 Å². The zero-order valence-corrected chi connectivity index (χ0v) is 44.9. The number of nitrogen functional groups attached to an aromatic ring is 1. The molecular weight excluding hydrogens is 987 g/mol. The number of aromatic nitrogens is 3. The molecule has 0 bridgehead atoms. The fourth-order valence-corrected chi connectivity index (χ4v) is 8.82. The summed E-state index contributed by atoms with van der Waals surface area (Å²) in [6, 6.07) is 63.3. The maximum atomic E-state index is 12.9. The van der Waals surface area contributed by atoms with E-state index in [-0.39, 0.29) is 17.8 Å². The molecule has 0 saturated carbocycles. The molecule has 0 fully saturated rings. The van der Waals surface area contributed by atoms with Gasteiger partial charge >= 0.3 is 5.97 Å². The van der Waals surface area contributed by atoms with Gasteiger partial charge in [-0.1, -0.05) is 186 Å². The number of hydrogen-bond acceptors (Lipinski definition) is 9. The number of hydrazine groups is 2. The van der Waals surface area contributed by atoms with Crippen LogP contribution in [0.15, 0.2) is 199 Å². The summed E-state index contributed by atoms with van der Waals surface area (Å²) in [5, 5.41) is 7.21. The molecule has 0 spiro atoms. The van der Waals surface area contributed by atoms with E-state index in [4.69, 9.17) is 10.6 Å². The van der Waals surface area contributed by atoms with Crippen LogP contribution in [0.2, 0.25) is 0 Å². The van der Waals surface area contributed by atoms with E-state index < -0.39 is 0 Å². The van der Waals surface area contributed by atoms with Crippen LogP contribution >= 0.6 is 0 Å². The quantitative estimate of drug-likeness (QED) is 0.0172. The monoisotopic (exact) mass is 1050 g/mol. The maximum Gasteiger partial charge on any atom is 0.355 e. The average molecular weight is 1050 g/mol. The minimum absolute atomic E-state index is 0.268. The number of hydrogen-bond donors (Lipinski definition) is 8. The van der Waals surface area contributed by atoms with Crippen LogP contribution < -0.4 is 28.4 Å². The Kier molecular flexibility index (Phi) is 19.5. The summed E-state index contributed by atoms with van der Waals surface area (Å²) in [6.07, 6.45) is 2.49. The van der Waals surface area contributed by atoms with Crippen LogP contribution in [0.4, 0.5) is 0 Å². The Morgan fingerprint density at radius 2 is 0.797 bits per heavy atom. The van der Waals surface area contributed by atoms with E-state index in [0.29, 0.717) is 17.1 Å². The van der Waals surface area contributed by atoms with Gasteiger partial charge in [0, 0.05) is 55.0 Å². The van der Waals surface area contributed by atoms with Crippen LogP contribution in [0, 0.1) is 34.6 Å². The van der Waals surface area contributed by atoms with Crippen LogP contribution in [0.25, 0.3) is 66.1 Å². The fraction of sp³-hybridized carbons (Fsp3) is 0.0923. The summed E-state index contributed by atoms with van der Waals surface area (Å²) < 4.78 is 4.89. The Labute approximate surface area is 458 Å². The number of benzene rings is 8. The van der Waals surface area contributed by atoms with Gasteiger partial charge in [-0.15, -0.1) is 0 Å². The van der Waals surface area contributed by atoms with Crippen molar-refractivity contribution in [3.63, 3.8) is 0 Å². The van der Waals surface area contributed by atoms with E-state index in [0.717, 1.165) is 100 Å². The molecule has 14 heteroatoms. The van der Waals surface area contributed by atoms with Gasteiger partial charge in [0.05, 0.1) is 13.3 Å². The summed E-state index contributed by atoms with van der Waals surface area (Å²) >= 11 is 0. The van der Waals surface area contributed by atoms with E-state index in [9.17, 15) is 19.2 Å². The van der Waals surface area contributed by atoms with Crippen molar-refractivity contribution in [2.24, 2.45) is 22.6 Å². The summed E-state index contributed by atoms with van der Waals surface area (Å²) in [4.78, 5) is 56.6. The average Bonchev–Trinajstić information content (AvgIpc) is 4.37. The Morgan fingerprint density at radius 3 is 1.16 bits per heavy atom. The largest absolute Gasteiger partial charge is 0.464 e. The third-order valence-corrected chi connectivity index (χ3v) is 12.7. The van der Waals surface area contributed by atoms with Crippen molar-refractivity contribution in [2.45, 2.75) is 34.6 Å². The fourth-order valence-electron chi connectivity index (χ4n) is 8.82. The van der Waals surface area contributed by atoms with Gasteiger partial charge in [0.1, 0.15) is 23.4 Å². The van der Waals surface area contributed by atoms with Crippen LogP contribution in [0.3, 0.4) is 0 Å². The predicted octanol–water partition coefficient (Wildman–Crippen LogP) is 12.5. The molecule has 0 radical (unpaired) electrons. The van der Waals surface area contributed by atoms with Gasteiger partial charge in [0.15, 0.2) is 0 Å². The molecule has 0 saturated heterocycles. The lowest BCUT2D eigenvalue weighted by Crippen LogP contribution is -2.30. The number of ether oxygens (including phenoxy) is 1. The minimum Gasteiger partial charge on any atom is -0.464 e. The van der Waals surface area contributed by atoms with Crippen molar-refractivity contribution in [3.05, 3.63) is 250 Å². The second-order valence-corrected chi connectivity index (χ2v) is 18.5. The molecule has 0 aliphatic rings. The maximum absolute atomic E-state index is 12.9. The van der Waals surface area contributed by atoms with Crippen LogP contribution in [-0.2, 0) is 4.74 Å². The summed E-state index contributed by atoms with van der Waals surface area (Å²) in [5.41, 5.74) is 22.3. The number of H-pyrrole nitrogens is 3. The lowest BCUT2D eigenvalue weighted by molar-refractivity contribution is 0.0595. The SMILES string of the molecule is COC(=O)c1[nH]c2ccc(C)cc2c1-c1ccccc1.Cc1ccc(/C=N/NC(=O)c2[nH]c3ccc(C)cc3c2-c2ccccc2)cc1.Cc1ccc(C=O)cc1.Cc1ccc2[nH]c(C(=O)NN)c(-c3ccccc3)c2c1.NN. The second-order valence-electron chi connectivity index (χ2n) is 18.5. The van der Waals surface area contributed by atoms with Crippen molar-refractivity contribution in [1.29, 1.82) is 0 Å². The lowest BCUT2D eigenvalue weighted by atomic mass is 10.0. The normalized spacial score (nSPS) is 10.5. The van der Waals surface area contributed by atoms with Gasteiger partial charge in [-0.25, -0.2) is 16.1 Å². The van der Waals surface area contributed by atoms with Crippen molar-refractivity contribution >= 4 is 63.0 Å². The topological polar surface area (TPSA) is 239 Å². The number of nitrogens with one attached hydrogen (secondary N) is 5. The second kappa shape index (κ2) is 27.2. The van der Waals surface area contributed by atoms with Gasteiger partial charge in [-0.2, -0.15) is 5.10 Å². The molecule has 0 aliphatic heterocycles. The van der Waals surface area contributed by atoms with Crippen LogP contribution in [-0.4, -0.2) is 52.3 Å². The Morgan fingerprint density at radius 1 is 0.456 bits per heavy atom. The molecule has 0 unspecified atom stereocenters. The van der Waals surface area contributed by atoms with Crippen LogP contribution in [0.1, 0.15) is 75.2 Å². The van der Waals surface area contributed by atoms with Gasteiger partial charge in [-0.3, -0.25) is 31.5 Å². The summed E-state index contributed by atoms with van der Waals surface area (Å²) in [7, 11) is 1.40. The molecule has 11 aromatic rings. The standard InChI is InChI=1S/C24H21N3O.C17H15NO2.C16H15N3O.C8H8O.H4N2/c1-16-8-11-18(12-9-16)15-25-27-24(28)23-22(19-6-4-3-5-7-19)20-14-17(2)10-13-21(20)26-23;1-11-8-9-14-13(10-11)15(12-6-4-3-5-7-12)16(18-14)17(19)20-2;1-10-7-8-13-12(9-10)14(11-5-3-2-4-6-11)15(18-13)16(20)19-17;1-7-2-4-8(6-9)5-3-7;1-2/h3-15,26H,1-2H3,(H,27,28);3-10,18H,1-2H3;2-9,18H,17H2,1H3,(H,19,20);2-6H,1H3;1-2H2/b25-15+;;;;. The molecule has 0 aliphatic carbocycles. The number of esters is 1. The van der Waals surface area contributed by atoms with E-state index >= 15 is 0 Å². The number of carbonyl (C=O) groups is 4. The van der Waals surface area contributed by atoms with Crippen molar-refractivity contribution in [3.8, 4) is 33.4 Å². The van der Waals surface area contributed by atoms with Gasteiger partial charge in [-0.05, 0) is 93.3 Å². The van der Waals surface area contributed by atoms with Crippen molar-refractivity contribution < 1.29 is 23.9 Å².